The van der Waals surface area contributed by atoms with Crippen molar-refractivity contribution in [2.75, 3.05) is 0 Å². The highest BCUT2D eigenvalue weighted by molar-refractivity contribution is 5.80. The smallest absolute Gasteiger partial charge is 0.408 e. The fourth-order valence-electron chi connectivity index (χ4n) is 4.07. The Morgan fingerprint density at radius 1 is 1.03 bits per heavy atom. The Morgan fingerprint density at radius 2 is 1.64 bits per heavy atom. The number of ether oxygens (including phenoxy) is 1. The van der Waals surface area contributed by atoms with Gasteiger partial charge in [-0.15, -0.1) is 0 Å². The summed E-state index contributed by atoms with van der Waals surface area (Å²) in [5.41, 5.74) is 6.00. The van der Waals surface area contributed by atoms with E-state index in [1.165, 1.54) is 11.1 Å². The number of benzene rings is 2. The Morgan fingerprint density at radius 3 is 2.19 bits per heavy atom. The quantitative estimate of drug-likeness (QED) is 0.427. The average Bonchev–Trinajstić information content (AvgIpc) is 3.05. The van der Waals surface area contributed by atoms with Gasteiger partial charge in [-0.25, -0.2) is 14.6 Å². The lowest BCUT2D eigenvalue weighted by molar-refractivity contribution is -0.139. The molecule has 1 unspecified atom stereocenters. The molecule has 0 spiro atoms. The molecule has 36 heavy (non-hydrogen) atoms. The lowest BCUT2D eigenvalue weighted by Crippen LogP contribution is -2.43. The fraction of sp³-hybridized carbons (Fsp3) is 0.483. The van der Waals surface area contributed by atoms with Crippen molar-refractivity contribution in [2.24, 2.45) is 0 Å². The summed E-state index contributed by atoms with van der Waals surface area (Å²) in [4.78, 5) is 28.9. The van der Waals surface area contributed by atoms with Crippen LogP contribution in [0.1, 0.15) is 76.0 Å². The van der Waals surface area contributed by atoms with Crippen LogP contribution in [0.25, 0.3) is 11.0 Å². The van der Waals surface area contributed by atoms with E-state index in [0.29, 0.717) is 13.0 Å². The molecule has 0 bridgehead atoms. The number of rotatable bonds is 7. The molecular formula is C29H39N3O4. The number of nitrogens with one attached hydrogen (secondary N) is 1. The van der Waals surface area contributed by atoms with Crippen molar-refractivity contribution in [3.8, 4) is 0 Å². The van der Waals surface area contributed by atoms with Crippen LogP contribution < -0.4 is 5.32 Å². The van der Waals surface area contributed by atoms with Crippen LogP contribution in [0.5, 0.6) is 0 Å². The highest BCUT2D eigenvalue weighted by Crippen LogP contribution is 2.25. The zero-order valence-electron chi connectivity index (χ0n) is 22.7. The molecule has 194 valence electrons. The molecule has 7 nitrogen and oxygen atoms in total. The van der Waals surface area contributed by atoms with Crippen molar-refractivity contribution in [1.29, 1.82) is 0 Å². The summed E-state index contributed by atoms with van der Waals surface area (Å²) >= 11 is 0. The molecule has 0 fully saturated rings. The van der Waals surface area contributed by atoms with Crippen LogP contribution in [0.3, 0.4) is 0 Å². The minimum Gasteiger partial charge on any atom is -0.480 e. The van der Waals surface area contributed by atoms with E-state index in [1.807, 2.05) is 0 Å². The third-order valence-corrected chi connectivity index (χ3v) is 6.25. The van der Waals surface area contributed by atoms with Gasteiger partial charge in [-0.05, 0) is 80.8 Å². The maximum Gasteiger partial charge on any atom is 0.408 e. The zero-order valence-corrected chi connectivity index (χ0v) is 22.7. The van der Waals surface area contributed by atoms with E-state index in [4.69, 9.17) is 9.72 Å². The number of amides is 1. The van der Waals surface area contributed by atoms with Gasteiger partial charge in [-0.1, -0.05) is 45.0 Å². The average molecular weight is 494 g/mol. The molecule has 0 aliphatic heterocycles. The fourth-order valence-corrected chi connectivity index (χ4v) is 4.07. The molecule has 2 N–H and O–H groups in total. The molecule has 0 saturated carbocycles. The van der Waals surface area contributed by atoms with E-state index in [0.717, 1.165) is 28.0 Å². The van der Waals surface area contributed by atoms with Crippen molar-refractivity contribution >= 4 is 23.1 Å². The van der Waals surface area contributed by atoms with Crippen molar-refractivity contribution in [2.45, 2.75) is 91.8 Å². The molecule has 0 aliphatic carbocycles. The Bertz CT molecular complexity index is 1240. The highest BCUT2D eigenvalue weighted by atomic mass is 16.6. The van der Waals surface area contributed by atoms with Crippen molar-refractivity contribution in [3.63, 3.8) is 0 Å². The maximum atomic E-state index is 12.2. The summed E-state index contributed by atoms with van der Waals surface area (Å²) < 4.78 is 7.40. The predicted octanol–water partition coefficient (Wildman–Crippen LogP) is 5.91. The number of fused-ring (bicyclic) bond motifs is 1. The van der Waals surface area contributed by atoms with Crippen molar-refractivity contribution in [3.05, 3.63) is 64.5 Å². The van der Waals surface area contributed by atoms with Crippen LogP contribution in [-0.4, -0.2) is 38.4 Å². The van der Waals surface area contributed by atoms with Gasteiger partial charge in [0.2, 0.25) is 0 Å². The van der Waals surface area contributed by atoms with Crippen molar-refractivity contribution in [1.82, 2.24) is 14.9 Å². The number of carboxylic acids is 1. The molecule has 1 heterocycles. The van der Waals surface area contributed by atoms with E-state index in [2.05, 4.69) is 80.9 Å². The molecule has 0 saturated heterocycles. The van der Waals surface area contributed by atoms with Gasteiger partial charge in [0.05, 0.1) is 11.0 Å². The van der Waals surface area contributed by atoms with Gasteiger partial charge in [-0.2, -0.15) is 0 Å². The predicted molar refractivity (Wildman–Crippen MR) is 143 cm³/mol. The van der Waals surface area contributed by atoms with Crippen molar-refractivity contribution < 1.29 is 19.4 Å². The van der Waals surface area contributed by atoms with Gasteiger partial charge >= 0.3 is 12.1 Å². The number of aryl methyl sites for hydroxylation is 3. The van der Waals surface area contributed by atoms with Crippen LogP contribution in [0, 0.1) is 13.8 Å². The monoisotopic (exact) mass is 493 g/mol. The van der Waals surface area contributed by atoms with E-state index < -0.39 is 23.7 Å². The maximum absolute atomic E-state index is 12.2. The molecule has 7 heteroatoms. The largest absolute Gasteiger partial charge is 0.480 e. The minimum atomic E-state index is -1.10. The third-order valence-electron chi connectivity index (χ3n) is 6.25. The number of aliphatic carboxylic acids is 1. The topological polar surface area (TPSA) is 93.4 Å². The number of carbonyl (C=O) groups is 2. The first-order valence-corrected chi connectivity index (χ1v) is 12.4. The van der Waals surface area contributed by atoms with Gasteiger partial charge in [0.25, 0.3) is 0 Å². The summed E-state index contributed by atoms with van der Waals surface area (Å²) in [7, 11) is 0. The molecule has 1 aromatic heterocycles. The second-order valence-corrected chi connectivity index (χ2v) is 11.6. The van der Waals surface area contributed by atoms with Crippen LogP contribution in [0.2, 0.25) is 0 Å². The molecule has 3 aromatic rings. The third kappa shape index (κ3) is 6.86. The van der Waals surface area contributed by atoms with Crippen LogP contribution in [-0.2, 0) is 27.9 Å². The Balaban J connectivity index is 1.89. The van der Waals surface area contributed by atoms with E-state index in [9.17, 15) is 14.7 Å². The lowest BCUT2D eigenvalue weighted by atomic mass is 9.87. The Hall–Kier alpha value is -3.35. The molecular weight excluding hydrogens is 454 g/mol. The second-order valence-electron chi connectivity index (χ2n) is 11.6. The summed E-state index contributed by atoms with van der Waals surface area (Å²) in [6, 6.07) is 11.7. The lowest BCUT2D eigenvalue weighted by Gasteiger charge is -2.22. The summed E-state index contributed by atoms with van der Waals surface area (Å²) in [6.45, 7) is 16.6. The first kappa shape index (κ1) is 27.2. The normalized spacial score (nSPS) is 13.0. The Kier molecular flexibility index (Phi) is 7.82. The second kappa shape index (κ2) is 10.3. The van der Waals surface area contributed by atoms with Crippen LogP contribution in [0.4, 0.5) is 4.79 Å². The van der Waals surface area contributed by atoms with Gasteiger partial charge in [0, 0.05) is 13.0 Å². The number of hydrogen-bond donors (Lipinski definition) is 2. The van der Waals surface area contributed by atoms with Crippen LogP contribution >= 0.6 is 0 Å². The standard InChI is InChI=1S/C29H39N3O4/c1-18-15-23-24(16-19(18)2)32(17-20-9-11-21(12-10-20)28(3,4)5)25(30-23)14-13-22(26(33)34)31-27(35)36-29(6,7)8/h9-12,15-16,22H,13-14,17H2,1-8H3,(H,31,35)(H,33,34). The summed E-state index contributed by atoms with van der Waals surface area (Å²) in [5, 5.41) is 12.2. The first-order valence-electron chi connectivity index (χ1n) is 12.4. The van der Waals surface area contributed by atoms with Crippen LogP contribution in [0.15, 0.2) is 36.4 Å². The molecule has 1 amide bonds. The summed E-state index contributed by atoms with van der Waals surface area (Å²) in [5.74, 6) is -0.319. The zero-order chi connectivity index (χ0) is 26.8. The minimum absolute atomic E-state index is 0.0764. The number of carboxylic acid groups (broad SMARTS) is 1. The van der Waals surface area contributed by atoms with Gasteiger partial charge in [-0.3, -0.25) is 0 Å². The number of aromatic nitrogens is 2. The Labute approximate surface area is 213 Å². The number of imidazole rings is 1. The molecule has 0 aliphatic rings. The molecule has 0 radical (unpaired) electrons. The van der Waals surface area contributed by atoms with E-state index in [-0.39, 0.29) is 11.8 Å². The first-order chi connectivity index (χ1) is 16.6. The van der Waals surface area contributed by atoms with Gasteiger partial charge < -0.3 is 19.7 Å². The number of alkyl carbamates (subject to hydrolysis) is 1. The van der Waals surface area contributed by atoms with E-state index >= 15 is 0 Å². The molecule has 3 rings (SSSR count). The number of carbonyl (C=O) groups excluding carboxylic acids is 1. The molecule has 1 atom stereocenters. The van der Waals surface area contributed by atoms with Gasteiger partial charge in [0.15, 0.2) is 0 Å². The summed E-state index contributed by atoms with van der Waals surface area (Å²) in [6.07, 6.45) is -0.160. The number of hydrogen-bond acceptors (Lipinski definition) is 4. The van der Waals surface area contributed by atoms with E-state index in [1.54, 1.807) is 20.8 Å². The highest BCUT2D eigenvalue weighted by Gasteiger charge is 2.25. The number of nitrogens with zero attached hydrogens (tertiary/aromatic N) is 2. The SMILES string of the molecule is Cc1cc2nc(CCC(NC(=O)OC(C)(C)C)C(=O)O)n(Cc3ccc(C(C)(C)C)cc3)c2cc1C. The van der Waals surface area contributed by atoms with Gasteiger partial charge in [0.1, 0.15) is 17.5 Å². The molecule has 2 aromatic carbocycles.